The molecule has 2 heterocycles. The van der Waals surface area contributed by atoms with E-state index in [1.54, 1.807) is 0 Å². The van der Waals surface area contributed by atoms with Gasteiger partial charge >= 0.3 is 0 Å². The Bertz CT molecular complexity index is 521. The van der Waals surface area contributed by atoms with Crippen LogP contribution in [0.1, 0.15) is 13.3 Å². The molecule has 0 aliphatic heterocycles. The Balaban J connectivity index is 2.03. The number of thiophene rings is 1. The van der Waals surface area contributed by atoms with Crippen molar-refractivity contribution >= 4 is 34.7 Å². The highest BCUT2D eigenvalue weighted by atomic mass is 35.5. The van der Waals surface area contributed by atoms with Crippen molar-refractivity contribution in [2.45, 2.75) is 18.6 Å². The largest absolute Gasteiger partial charge is 0.410 e. The fourth-order valence-corrected chi connectivity index (χ4v) is 2.80. The second kappa shape index (κ2) is 5.71. The van der Waals surface area contributed by atoms with E-state index in [1.807, 2.05) is 12.1 Å². The van der Waals surface area contributed by atoms with Gasteiger partial charge in [-0.3, -0.25) is 0 Å². The SMILES string of the molecule is C=C(CC)CSc1nnc(-c2ccc(Cl)s2)o1. The summed E-state index contributed by atoms with van der Waals surface area (Å²) in [6.07, 6.45) is 0.967. The Kier molecular flexibility index (Phi) is 4.25. The molecule has 2 aromatic heterocycles. The van der Waals surface area contributed by atoms with Gasteiger partial charge in [-0.15, -0.1) is 21.5 Å². The van der Waals surface area contributed by atoms with Crippen LogP contribution >= 0.6 is 34.7 Å². The van der Waals surface area contributed by atoms with Crippen LogP contribution in [0.25, 0.3) is 10.8 Å². The molecule has 0 aliphatic rings. The summed E-state index contributed by atoms with van der Waals surface area (Å²) in [5.41, 5.74) is 1.16. The summed E-state index contributed by atoms with van der Waals surface area (Å²) in [5, 5.41) is 8.53. The van der Waals surface area contributed by atoms with Crippen LogP contribution in [-0.4, -0.2) is 16.0 Å². The maximum absolute atomic E-state index is 5.85. The molecule has 0 radical (unpaired) electrons. The van der Waals surface area contributed by atoms with E-state index in [2.05, 4.69) is 23.7 Å². The third kappa shape index (κ3) is 3.34. The van der Waals surface area contributed by atoms with Gasteiger partial charge in [-0.2, -0.15) is 0 Å². The number of hydrogen-bond donors (Lipinski definition) is 0. The van der Waals surface area contributed by atoms with Crippen molar-refractivity contribution in [3.63, 3.8) is 0 Å². The zero-order valence-electron chi connectivity index (χ0n) is 9.27. The van der Waals surface area contributed by atoms with Crippen LogP contribution in [0.3, 0.4) is 0 Å². The van der Waals surface area contributed by atoms with Gasteiger partial charge in [0.05, 0.1) is 9.21 Å². The van der Waals surface area contributed by atoms with Crippen molar-refractivity contribution in [2.24, 2.45) is 0 Å². The van der Waals surface area contributed by atoms with Crippen LogP contribution in [0.4, 0.5) is 0 Å². The molecule has 0 N–H and O–H groups in total. The summed E-state index contributed by atoms with van der Waals surface area (Å²) in [6.45, 7) is 6.01. The average molecular weight is 287 g/mol. The fraction of sp³-hybridized carbons (Fsp3) is 0.273. The first-order chi connectivity index (χ1) is 8.19. The lowest BCUT2D eigenvalue weighted by atomic mass is 10.3. The van der Waals surface area contributed by atoms with Gasteiger partial charge in [-0.1, -0.05) is 42.4 Å². The van der Waals surface area contributed by atoms with E-state index in [-0.39, 0.29) is 0 Å². The maximum Gasteiger partial charge on any atom is 0.277 e. The molecule has 0 atom stereocenters. The van der Waals surface area contributed by atoms with Gasteiger partial charge in [0.15, 0.2) is 0 Å². The minimum atomic E-state index is 0.520. The second-order valence-corrected chi connectivity index (χ2v) is 6.01. The highest BCUT2D eigenvalue weighted by Crippen LogP contribution is 2.31. The lowest BCUT2D eigenvalue weighted by Gasteiger charge is -1.96. The van der Waals surface area contributed by atoms with Crippen molar-refractivity contribution in [1.29, 1.82) is 0 Å². The van der Waals surface area contributed by atoms with E-state index in [4.69, 9.17) is 16.0 Å². The molecule has 0 bridgehead atoms. The molecule has 0 fully saturated rings. The molecule has 17 heavy (non-hydrogen) atoms. The lowest BCUT2D eigenvalue weighted by molar-refractivity contribution is 0.467. The smallest absolute Gasteiger partial charge is 0.277 e. The highest BCUT2D eigenvalue weighted by molar-refractivity contribution is 7.99. The Labute approximate surface area is 113 Å². The molecule has 0 unspecified atom stereocenters. The predicted molar refractivity (Wildman–Crippen MR) is 72.8 cm³/mol. The van der Waals surface area contributed by atoms with E-state index in [1.165, 1.54) is 23.1 Å². The number of rotatable bonds is 5. The van der Waals surface area contributed by atoms with Crippen LogP contribution in [0, 0.1) is 0 Å². The molecule has 0 aliphatic carbocycles. The summed E-state index contributed by atoms with van der Waals surface area (Å²) >= 11 is 8.78. The summed E-state index contributed by atoms with van der Waals surface area (Å²) in [4.78, 5) is 0.892. The topological polar surface area (TPSA) is 38.9 Å². The number of nitrogens with zero attached hydrogens (tertiary/aromatic N) is 2. The summed E-state index contributed by atoms with van der Waals surface area (Å²) in [6, 6.07) is 3.69. The minimum absolute atomic E-state index is 0.520. The molecule has 0 amide bonds. The minimum Gasteiger partial charge on any atom is -0.410 e. The Morgan fingerprint density at radius 3 is 3.00 bits per heavy atom. The molecule has 0 aromatic carbocycles. The zero-order valence-corrected chi connectivity index (χ0v) is 11.7. The Hall–Kier alpha value is -0.780. The van der Waals surface area contributed by atoms with Gasteiger partial charge in [0.1, 0.15) is 0 Å². The molecule has 0 spiro atoms. The number of hydrogen-bond acceptors (Lipinski definition) is 5. The summed E-state index contributed by atoms with van der Waals surface area (Å²) < 4.78 is 6.24. The van der Waals surface area contributed by atoms with Gasteiger partial charge in [-0.25, -0.2) is 0 Å². The van der Waals surface area contributed by atoms with E-state index in [9.17, 15) is 0 Å². The van der Waals surface area contributed by atoms with Crippen LogP contribution in [0.5, 0.6) is 0 Å². The van der Waals surface area contributed by atoms with Crippen molar-refractivity contribution in [3.8, 4) is 10.8 Å². The molecule has 6 heteroatoms. The van der Waals surface area contributed by atoms with Crippen LogP contribution < -0.4 is 0 Å². The number of thioether (sulfide) groups is 1. The van der Waals surface area contributed by atoms with Crippen molar-refractivity contribution < 1.29 is 4.42 Å². The van der Waals surface area contributed by atoms with Gasteiger partial charge in [0.25, 0.3) is 11.1 Å². The van der Waals surface area contributed by atoms with E-state index in [0.717, 1.165) is 22.6 Å². The van der Waals surface area contributed by atoms with Crippen LogP contribution in [0.2, 0.25) is 4.34 Å². The predicted octanol–water partition coefficient (Wildman–Crippen LogP) is 4.51. The summed E-state index contributed by atoms with van der Waals surface area (Å²) in [5.74, 6) is 1.33. The zero-order chi connectivity index (χ0) is 12.3. The summed E-state index contributed by atoms with van der Waals surface area (Å²) in [7, 11) is 0. The quantitative estimate of drug-likeness (QED) is 0.599. The van der Waals surface area contributed by atoms with Crippen molar-refractivity contribution in [1.82, 2.24) is 10.2 Å². The maximum atomic E-state index is 5.85. The molecule has 2 aromatic rings. The third-order valence-corrected chi connectivity index (χ3v) is 4.27. The lowest BCUT2D eigenvalue weighted by Crippen LogP contribution is -1.82. The Morgan fingerprint density at radius 2 is 2.35 bits per heavy atom. The first-order valence-corrected chi connectivity index (χ1v) is 7.25. The fourth-order valence-electron chi connectivity index (χ4n) is 1.06. The van der Waals surface area contributed by atoms with Gasteiger partial charge in [0, 0.05) is 5.75 Å². The average Bonchev–Trinajstić information content (AvgIpc) is 2.94. The molecule has 3 nitrogen and oxygen atoms in total. The van der Waals surface area contributed by atoms with Gasteiger partial charge in [-0.05, 0) is 18.6 Å². The molecule has 2 rings (SSSR count). The molecule has 90 valence electrons. The van der Waals surface area contributed by atoms with Crippen LogP contribution in [-0.2, 0) is 0 Å². The second-order valence-electron chi connectivity index (χ2n) is 3.37. The monoisotopic (exact) mass is 286 g/mol. The molecular weight excluding hydrogens is 276 g/mol. The van der Waals surface area contributed by atoms with E-state index in [0.29, 0.717) is 15.4 Å². The van der Waals surface area contributed by atoms with Gasteiger partial charge < -0.3 is 4.42 Å². The third-order valence-electron chi connectivity index (χ3n) is 2.09. The van der Waals surface area contributed by atoms with Crippen LogP contribution in [0.15, 0.2) is 33.9 Å². The van der Waals surface area contributed by atoms with Crippen molar-refractivity contribution in [2.75, 3.05) is 5.75 Å². The number of halogens is 1. The normalized spacial score (nSPS) is 10.7. The number of aromatic nitrogens is 2. The first kappa shape index (κ1) is 12.7. The molecule has 0 saturated heterocycles. The first-order valence-electron chi connectivity index (χ1n) is 5.07. The molecule has 0 saturated carbocycles. The van der Waals surface area contributed by atoms with E-state index < -0.39 is 0 Å². The van der Waals surface area contributed by atoms with Gasteiger partial charge in [0.2, 0.25) is 0 Å². The van der Waals surface area contributed by atoms with E-state index >= 15 is 0 Å². The standard InChI is InChI=1S/C11H11ClN2OS2/c1-3-7(2)6-16-11-14-13-10(15-11)8-4-5-9(12)17-8/h4-5H,2-3,6H2,1H3. The Morgan fingerprint density at radius 1 is 1.53 bits per heavy atom. The highest BCUT2D eigenvalue weighted by Gasteiger charge is 2.11. The van der Waals surface area contributed by atoms with Crippen molar-refractivity contribution in [3.05, 3.63) is 28.6 Å². The molecular formula is C11H11ClN2OS2.